The molecular formula is C13H22N4O. The number of aliphatic hydroxyl groups is 1. The Balaban J connectivity index is 2.00. The fraction of sp³-hybridized carbons (Fsp3) is 0.692. The zero-order chi connectivity index (χ0) is 13.0. The molecule has 1 aliphatic rings. The summed E-state index contributed by atoms with van der Waals surface area (Å²) in [7, 11) is 1.87. The van der Waals surface area contributed by atoms with Crippen LogP contribution < -0.4 is 10.6 Å². The summed E-state index contributed by atoms with van der Waals surface area (Å²) in [5.74, 6) is 2.36. The van der Waals surface area contributed by atoms with Gasteiger partial charge in [-0.1, -0.05) is 6.92 Å². The van der Waals surface area contributed by atoms with Gasteiger partial charge in [-0.05, 0) is 31.6 Å². The fourth-order valence-electron chi connectivity index (χ4n) is 2.59. The monoisotopic (exact) mass is 250 g/mol. The molecule has 0 aliphatic heterocycles. The average molecular weight is 250 g/mol. The van der Waals surface area contributed by atoms with Crippen molar-refractivity contribution in [3.8, 4) is 0 Å². The first-order chi connectivity index (χ1) is 8.74. The van der Waals surface area contributed by atoms with Gasteiger partial charge in [-0.3, -0.25) is 0 Å². The van der Waals surface area contributed by atoms with Crippen molar-refractivity contribution >= 4 is 11.6 Å². The maximum absolute atomic E-state index is 9.52. The van der Waals surface area contributed by atoms with E-state index in [4.69, 9.17) is 0 Å². The molecule has 0 bridgehead atoms. The van der Waals surface area contributed by atoms with Crippen LogP contribution in [0.5, 0.6) is 0 Å². The molecule has 1 heterocycles. The normalized spacial score (nSPS) is 23.1. The maximum atomic E-state index is 9.52. The summed E-state index contributed by atoms with van der Waals surface area (Å²) < 4.78 is 0. The van der Waals surface area contributed by atoms with Crippen molar-refractivity contribution in [1.82, 2.24) is 9.97 Å². The van der Waals surface area contributed by atoms with Gasteiger partial charge in [-0.15, -0.1) is 0 Å². The predicted octanol–water partition coefficient (Wildman–Crippen LogP) is 1.65. The Hall–Kier alpha value is -1.36. The zero-order valence-corrected chi connectivity index (χ0v) is 11.1. The van der Waals surface area contributed by atoms with Gasteiger partial charge < -0.3 is 15.7 Å². The van der Waals surface area contributed by atoms with E-state index in [1.165, 1.54) is 0 Å². The lowest BCUT2D eigenvalue weighted by molar-refractivity contribution is 0.178. The Morgan fingerprint density at radius 2 is 2.11 bits per heavy atom. The summed E-state index contributed by atoms with van der Waals surface area (Å²) in [5.41, 5.74) is 1.12. The van der Waals surface area contributed by atoms with Crippen molar-refractivity contribution in [2.75, 3.05) is 24.2 Å². The minimum absolute atomic E-state index is 0.110. The summed E-state index contributed by atoms with van der Waals surface area (Å²) in [4.78, 5) is 8.53. The van der Waals surface area contributed by atoms with Gasteiger partial charge in [0.2, 0.25) is 0 Å². The van der Waals surface area contributed by atoms with Crippen LogP contribution in [0.4, 0.5) is 11.6 Å². The first-order valence-electron chi connectivity index (χ1n) is 6.68. The standard InChI is InChI=1S/C13H22N4O/c1-3-11-12(14-2)16-8-17-13(11)15-7-9-4-5-10(18)6-9/h8-10,18H,3-7H2,1-2H3,(H2,14,15,16,17). The molecule has 1 aromatic rings. The van der Waals surface area contributed by atoms with Gasteiger partial charge in [0, 0.05) is 19.2 Å². The lowest BCUT2D eigenvalue weighted by Crippen LogP contribution is -2.15. The van der Waals surface area contributed by atoms with Crippen LogP contribution in [0.25, 0.3) is 0 Å². The Morgan fingerprint density at radius 1 is 1.33 bits per heavy atom. The Labute approximate surface area is 108 Å². The van der Waals surface area contributed by atoms with E-state index >= 15 is 0 Å². The third-order valence-corrected chi connectivity index (χ3v) is 3.61. The quantitative estimate of drug-likeness (QED) is 0.741. The Morgan fingerprint density at radius 3 is 2.72 bits per heavy atom. The minimum Gasteiger partial charge on any atom is -0.393 e. The molecular weight excluding hydrogens is 228 g/mol. The minimum atomic E-state index is -0.110. The number of hydrogen-bond donors (Lipinski definition) is 3. The lowest BCUT2D eigenvalue weighted by Gasteiger charge is -2.15. The Bertz CT molecular complexity index is 397. The van der Waals surface area contributed by atoms with Crippen LogP contribution in [0.1, 0.15) is 31.7 Å². The zero-order valence-electron chi connectivity index (χ0n) is 11.1. The summed E-state index contributed by atoms with van der Waals surface area (Å²) >= 11 is 0. The molecule has 1 aliphatic carbocycles. The molecule has 100 valence electrons. The maximum Gasteiger partial charge on any atom is 0.134 e. The molecule has 0 saturated heterocycles. The topological polar surface area (TPSA) is 70.1 Å². The SMILES string of the molecule is CCc1c(NC)ncnc1NCC1CCC(O)C1. The van der Waals surface area contributed by atoms with Crippen molar-refractivity contribution in [1.29, 1.82) is 0 Å². The fourth-order valence-corrected chi connectivity index (χ4v) is 2.59. The van der Waals surface area contributed by atoms with E-state index in [0.717, 1.165) is 49.4 Å². The summed E-state index contributed by atoms with van der Waals surface area (Å²) in [6.07, 6.45) is 5.29. The van der Waals surface area contributed by atoms with Crippen molar-refractivity contribution in [3.63, 3.8) is 0 Å². The average Bonchev–Trinajstić information content (AvgIpc) is 2.81. The van der Waals surface area contributed by atoms with Gasteiger partial charge in [-0.25, -0.2) is 9.97 Å². The molecule has 2 unspecified atom stereocenters. The smallest absolute Gasteiger partial charge is 0.134 e. The number of anilines is 2. The molecule has 5 heteroatoms. The van der Waals surface area contributed by atoms with Gasteiger partial charge in [0.15, 0.2) is 0 Å². The van der Waals surface area contributed by atoms with Gasteiger partial charge in [-0.2, -0.15) is 0 Å². The van der Waals surface area contributed by atoms with E-state index < -0.39 is 0 Å². The van der Waals surface area contributed by atoms with Crippen molar-refractivity contribution in [2.45, 2.75) is 38.7 Å². The number of hydrogen-bond acceptors (Lipinski definition) is 5. The van der Waals surface area contributed by atoms with Crippen molar-refractivity contribution in [2.24, 2.45) is 5.92 Å². The van der Waals surface area contributed by atoms with Crippen LogP contribution in [-0.4, -0.2) is 34.8 Å². The summed E-state index contributed by atoms with van der Waals surface area (Å²) in [5, 5.41) is 16.0. The highest BCUT2D eigenvalue weighted by Gasteiger charge is 2.22. The lowest BCUT2D eigenvalue weighted by atomic mass is 10.1. The molecule has 0 aromatic carbocycles. The molecule has 3 N–H and O–H groups in total. The van der Waals surface area contributed by atoms with E-state index in [9.17, 15) is 5.11 Å². The molecule has 1 saturated carbocycles. The number of aliphatic hydroxyl groups excluding tert-OH is 1. The molecule has 2 atom stereocenters. The number of nitrogens with one attached hydrogen (secondary N) is 2. The van der Waals surface area contributed by atoms with E-state index in [2.05, 4.69) is 27.5 Å². The van der Waals surface area contributed by atoms with E-state index in [-0.39, 0.29) is 6.10 Å². The molecule has 2 rings (SSSR count). The second kappa shape index (κ2) is 6.00. The summed E-state index contributed by atoms with van der Waals surface area (Å²) in [6.45, 7) is 2.98. The third-order valence-electron chi connectivity index (χ3n) is 3.61. The molecule has 0 spiro atoms. The van der Waals surface area contributed by atoms with Crippen LogP contribution in [0.2, 0.25) is 0 Å². The molecule has 0 radical (unpaired) electrons. The van der Waals surface area contributed by atoms with Gasteiger partial charge in [0.1, 0.15) is 18.0 Å². The molecule has 1 aromatic heterocycles. The Kier molecular flexibility index (Phi) is 4.36. The van der Waals surface area contributed by atoms with Crippen LogP contribution in [0, 0.1) is 5.92 Å². The van der Waals surface area contributed by atoms with Crippen LogP contribution in [0.3, 0.4) is 0 Å². The van der Waals surface area contributed by atoms with Crippen molar-refractivity contribution in [3.05, 3.63) is 11.9 Å². The van der Waals surface area contributed by atoms with Crippen LogP contribution in [-0.2, 0) is 6.42 Å². The van der Waals surface area contributed by atoms with E-state index in [1.807, 2.05) is 7.05 Å². The van der Waals surface area contributed by atoms with Crippen LogP contribution >= 0.6 is 0 Å². The number of nitrogens with zero attached hydrogens (tertiary/aromatic N) is 2. The predicted molar refractivity (Wildman–Crippen MR) is 72.8 cm³/mol. The van der Waals surface area contributed by atoms with Gasteiger partial charge in [0.25, 0.3) is 0 Å². The van der Waals surface area contributed by atoms with E-state index in [0.29, 0.717) is 5.92 Å². The molecule has 0 amide bonds. The molecule has 1 fully saturated rings. The molecule has 5 nitrogen and oxygen atoms in total. The van der Waals surface area contributed by atoms with Crippen molar-refractivity contribution < 1.29 is 5.11 Å². The number of aromatic nitrogens is 2. The molecule has 18 heavy (non-hydrogen) atoms. The second-order valence-corrected chi connectivity index (χ2v) is 4.87. The highest BCUT2D eigenvalue weighted by atomic mass is 16.3. The third kappa shape index (κ3) is 2.90. The van der Waals surface area contributed by atoms with Crippen LogP contribution in [0.15, 0.2) is 6.33 Å². The highest BCUT2D eigenvalue weighted by molar-refractivity contribution is 5.57. The van der Waals surface area contributed by atoms with E-state index in [1.54, 1.807) is 6.33 Å². The second-order valence-electron chi connectivity index (χ2n) is 4.87. The summed E-state index contributed by atoms with van der Waals surface area (Å²) in [6, 6.07) is 0. The number of rotatable bonds is 5. The first-order valence-corrected chi connectivity index (χ1v) is 6.68. The largest absolute Gasteiger partial charge is 0.393 e. The first kappa shape index (κ1) is 13.1. The highest BCUT2D eigenvalue weighted by Crippen LogP contribution is 2.26. The van der Waals surface area contributed by atoms with Gasteiger partial charge in [0.05, 0.1) is 6.10 Å². The van der Waals surface area contributed by atoms with Gasteiger partial charge >= 0.3 is 0 Å².